The number of nitrogens with one attached hydrogen (secondary N) is 1. The van der Waals surface area contributed by atoms with E-state index in [0.717, 1.165) is 25.9 Å². The molecule has 1 atom stereocenters. The van der Waals surface area contributed by atoms with Crippen LogP contribution in [0.15, 0.2) is 18.3 Å². The summed E-state index contributed by atoms with van der Waals surface area (Å²) in [5, 5.41) is 14.2. The predicted octanol–water partition coefficient (Wildman–Crippen LogP) is 1.57. The highest BCUT2D eigenvalue weighted by Gasteiger charge is 2.28. The lowest BCUT2D eigenvalue weighted by atomic mass is 10.0. The molecule has 0 radical (unpaired) electrons. The molecule has 1 unspecified atom stereocenters. The van der Waals surface area contributed by atoms with Crippen LogP contribution in [0.3, 0.4) is 0 Å². The molecule has 1 aliphatic heterocycles. The van der Waals surface area contributed by atoms with Crippen molar-refractivity contribution in [2.45, 2.75) is 25.3 Å². The van der Waals surface area contributed by atoms with Crippen LogP contribution >= 0.6 is 0 Å². The van der Waals surface area contributed by atoms with E-state index in [9.17, 15) is 10.1 Å². The van der Waals surface area contributed by atoms with E-state index in [-0.39, 0.29) is 16.7 Å². The average molecular weight is 250 g/mol. The van der Waals surface area contributed by atoms with Crippen LogP contribution in [0.25, 0.3) is 0 Å². The lowest BCUT2D eigenvalue weighted by Gasteiger charge is -2.36. The summed E-state index contributed by atoms with van der Waals surface area (Å²) in [6.07, 6.45) is 4.90. The first-order valence-electron chi connectivity index (χ1n) is 6.24. The van der Waals surface area contributed by atoms with E-state index in [0.29, 0.717) is 5.82 Å². The van der Waals surface area contributed by atoms with Gasteiger partial charge in [0.15, 0.2) is 0 Å². The number of anilines is 1. The first-order chi connectivity index (χ1) is 8.74. The van der Waals surface area contributed by atoms with Crippen LogP contribution in [0.5, 0.6) is 0 Å². The van der Waals surface area contributed by atoms with Crippen LogP contribution in [0, 0.1) is 10.1 Å². The van der Waals surface area contributed by atoms with Crippen molar-refractivity contribution in [1.82, 2.24) is 10.3 Å². The molecule has 0 spiro atoms. The predicted molar refractivity (Wildman–Crippen MR) is 69.8 cm³/mol. The molecule has 0 aromatic carbocycles. The average Bonchev–Trinajstić information content (AvgIpc) is 2.40. The summed E-state index contributed by atoms with van der Waals surface area (Å²) in [5.74, 6) is 0.502. The summed E-state index contributed by atoms with van der Waals surface area (Å²) in [7, 11) is 1.90. The Labute approximate surface area is 106 Å². The fourth-order valence-electron chi connectivity index (χ4n) is 2.48. The van der Waals surface area contributed by atoms with E-state index >= 15 is 0 Å². The molecule has 0 amide bonds. The van der Waals surface area contributed by atoms with Crippen molar-refractivity contribution < 1.29 is 4.92 Å². The maximum atomic E-state index is 11.1. The number of pyridine rings is 1. The molecule has 0 bridgehead atoms. The van der Waals surface area contributed by atoms with Crippen LogP contribution in [0.1, 0.15) is 19.3 Å². The number of likely N-dealkylation sites (N-methyl/N-ethyl adjacent to an activating group) is 1. The first-order valence-corrected chi connectivity index (χ1v) is 6.24. The Morgan fingerprint density at radius 1 is 1.61 bits per heavy atom. The zero-order valence-electron chi connectivity index (χ0n) is 10.5. The molecule has 1 aromatic heterocycles. The second kappa shape index (κ2) is 5.77. The summed E-state index contributed by atoms with van der Waals surface area (Å²) >= 11 is 0. The lowest BCUT2D eigenvalue weighted by Crippen LogP contribution is -2.45. The minimum atomic E-state index is -0.354. The molecule has 98 valence electrons. The highest BCUT2D eigenvalue weighted by molar-refractivity contribution is 5.58. The van der Waals surface area contributed by atoms with Crippen molar-refractivity contribution in [2.75, 3.05) is 25.0 Å². The number of aromatic nitrogens is 1. The smallest absolute Gasteiger partial charge is 0.311 e. The fourth-order valence-corrected chi connectivity index (χ4v) is 2.48. The summed E-state index contributed by atoms with van der Waals surface area (Å²) in [5.41, 5.74) is 0.0977. The zero-order valence-corrected chi connectivity index (χ0v) is 10.5. The molecule has 1 aromatic rings. The molecular weight excluding hydrogens is 232 g/mol. The van der Waals surface area contributed by atoms with E-state index in [2.05, 4.69) is 15.2 Å². The molecule has 1 aliphatic rings. The van der Waals surface area contributed by atoms with Crippen molar-refractivity contribution in [3.63, 3.8) is 0 Å². The summed E-state index contributed by atoms with van der Waals surface area (Å²) in [4.78, 5) is 17.0. The van der Waals surface area contributed by atoms with E-state index < -0.39 is 0 Å². The Balaban J connectivity index is 2.30. The van der Waals surface area contributed by atoms with Gasteiger partial charge in [0.2, 0.25) is 5.82 Å². The summed E-state index contributed by atoms with van der Waals surface area (Å²) in [6.45, 7) is 1.66. The van der Waals surface area contributed by atoms with Gasteiger partial charge in [-0.1, -0.05) is 0 Å². The largest absolute Gasteiger partial charge is 0.347 e. The normalized spacial score (nSPS) is 19.8. The fraction of sp³-hybridized carbons (Fsp3) is 0.583. The van der Waals surface area contributed by atoms with Crippen LogP contribution in [0.4, 0.5) is 11.5 Å². The SMILES string of the molecule is CNCC1CCCCN1c1ncccc1[N+](=O)[O-]. The Morgan fingerprint density at radius 2 is 2.44 bits per heavy atom. The van der Waals surface area contributed by atoms with Gasteiger partial charge in [0, 0.05) is 31.4 Å². The van der Waals surface area contributed by atoms with Gasteiger partial charge in [-0.3, -0.25) is 10.1 Å². The molecule has 0 aliphatic carbocycles. The standard InChI is InChI=1S/C12H18N4O2/c1-13-9-10-5-2-3-8-15(10)12-11(16(17)18)6-4-7-14-12/h4,6-7,10,13H,2-3,5,8-9H2,1H3. The lowest BCUT2D eigenvalue weighted by molar-refractivity contribution is -0.384. The molecule has 6 heteroatoms. The van der Waals surface area contributed by atoms with Gasteiger partial charge in [0.05, 0.1) is 4.92 Å². The quantitative estimate of drug-likeness (QED) is 0.648. The first kappa shape index (κ1) is 12.8. The Bertz CT molecular complexity index is 422. The number of nitro groups is 1. The molecule has 18 heavy (non-hydrogen) atoms. The van der Waals surface area contributed by atoms with Crippen molar-refractivity contribution in [3.8, 4) is 0 Å². The Hall–Kier alpha value is -1.69. The van der Waals surface area contributed by atoms with Gasteiger partial charge in [-0.2, -0.15) is 0 Å². The van der Waals surface area contributed by atoms with Gasteiger partial charge in [0.25, 0.3) is 0 Å². The molecule has 1 saturated heterocycles. The van der Waals surface area contributed by atoms with Crippen molar-refractivity contribution >= 4 is 11.5 Å². The Morgan fingerprint density at radius 3 is 3.17 bits per heavy atom. The second-order valence-corrected chi connectivity index (χ2v) is 4.50. The molecule has 6 nitrogen and oxygen atoms in total. The summed E-state index contributed by atoms with van der Waals surface area (Å²) in [6, 6.07) is 3.42. The molecular formula is C12H18N4O2. The van der Waals surface area contributed by atoms with Crippen LogP contribution < -0.4 is 10.2 Å². The molecule has 2 rings (SSSR count). The van der Waals surface area contributed by atoms with Crippen LogP contribution in [-0.4, -0.2) is 36.1 Å². The number of nitrogens with zero attached hydrogens (tertiary/aromatic N) is 3. The highest BCUT2D eigenvalue weighted by Crippen LogP contribution is 2.30. The van der Waals surface area contributed by atoms with Gasteiger partial charge in [0.1, 0.15) is 0 Å². The number of rotatable bonds is 4. The van der Waals surface area contributed by atoms with Crippen LogP contribution in [0.2, 0.25) is 0 Å². The summed E-state index contributed by atoms with van der Waals surface area (Å²) < 4.78 is 0. The van der Waals surface area contributed by atoms with E-state index in [4.69, 9.17) is 0 Å². The third kappa shape index (κ3) is 2.59. The second-order valence-electron chi connectivity index (χ2n) is 4.50. The van der Waals surface area contributed by atoms with Crippen molar-refractivity contribution in [1.29, 1.82) is 0 Å². The monoisotopic (exact) mass is 250 g/mol. The van der Waals surface area contributed by atoms with Crippen LogP contribution in [-0.2, 0) is 0 Å². The number of hydrogen-bond acceptors (Lipinski definition) is 5. The molecule has 2 heterocycles. The topological polar surface area (TPSA) is 71.3 Å². The molecule has 1 fully saturated rings. The minimum absolute atomic E-state index is 0.0977. The van der Waals surface area contributed by atoms with Crippen molar-refractivity contribution in [3.05, 3.63) is 28.4 Å². The minimum Gasteiger partial charge on any atom is -0.347 e. The van der Waals surface area contributed by atoms with Crippen molar-refractivity contribution in [2.24, 2.45) is 0 Å². The maximum Gasteiger partial charge on any atom is 0.311 e. The Kier molecular flexibility index (Phi) is 4.09. The maximum absolute atomic E-state index is 11.1. The molecule has 0 saturated carbocycles. The third-order valence-corrected chi connectivity index (χ3v) is 3.30. The van der Waals surface area contributed by atoms with E-state index in [1.54, 1.807) is 12.3 Å². The van der Waals surface area contributed by atoms with Gasteiger partial charge in [-0.25, -0.2) is 4.98 Å². The van der Waals surface area contributed by atoms with Gasteiger partial charge >= 0.3 is 5.69 Å². The third-order valence-electron chi connectivity index (χ3n) is 3.30. The van der Waals surface area contributed by atoms with E-state index in [1.165, 1.54) is 12.5 Å². The van der Waals surface area contributed by atoms with Gasteiger partial charge in [-0.15, -0.1) is 0 Å². The van der Waals surface area contributed by atoms with Gasteiger partial charge < -0.3 is 10.2 Å². The number of hydrogen-bond donors (Lipinski definition) is 1. The van der Waals surface area contributed by atoms with E-state index in [1.807, 2.05) is 7.05 Å². The zero-order chi connectivity index (χ0) is 13.0. The molecule has 1 N–H and O–H groups in total. The highest BCUT2D eigenvalue weighted by atomic mass is 16.6. The number of piperidine rings is 1. The van der Waals surface area contributed by atoms with Gasteiger partial charge in [-0.05, 0) is 32.4 Å².